The molecule has 0 aliphatic carbocycles. The topological polar surface area (TPSA) is 66.6 Å². The van der Waals surface area contributed by atoms with E-state index >= 15 is 0 Å². The number of carbonyl (C=O) groups is 1. The van der Waals surface area contributed by atoms with E-state index in [1.807, 2.05) is 18.2 Å². The van der Waals surface area contributed by atoms with Gasteiger partial charge in [-0.15, -0.1) is 0 Å². The maximum absolute atomic E-state index is 11.5. The Kier molecular flexibility index (Phi) is 4.47. The molecule has 1 unspecified atom stereocenters. The van der Waals surface area contributed by atoms with Gasteiger partial charge in [0, 0.05) is 11.0 Å². The van der Waals surface area contributed by atoms with E-state index in [-0.39, 0.29) is 11.9 Å². The molecule has 1 aromatic rings. The van der Waals surface area contributed by atoms with Gasteiger partial charge in [-0.2, -0.15) is 0 Å². The zero-order chi connectivity index (χ0) is 14.0. The quantitative estimate of drug-likeness (QED) is 0.895. The fraction of sp³-hybridized carbons (Fsp3) is 0.500. The van der Waals surface area contributed by atoms with Gasteiger partial charge in [-0.3, -0.25) is 4.79 Å². The summed E-state index contributed by atoms with van der Waals surface area (Å²) in [5, 5.41) is 9.58. The molecule has 0 spiro atoms. The standard InChI is InChI=1S/C14H19BrN2O2/c1-9(18)10-5-6-12(11(15)8-10)17-7-3-2-4-13(17)14(16)19/h5-6,8-9,13,18H,2-4,7H2,1H3,(H2,16,19)/t9-,13?/m1/s1. The maximum atomic E-state index is 11.5. The average molecular weight is 327 g/mol. The molecule has 3 N–H and O–H groups in total. The molecule has 0 aromatic heterocycles. The minimum atomic E-state index is -0.501. The summed E-state index contributed by atoms with van der Waals surface area (Å²) in [5.74, 6) is -0.272. The van der Waals surface area contributed by atoms with Crippen molar-refractivity contribution in [3.05, 3.63) is 28.2 Å². The van der Waals surface area contributed by atoms with Crippen LogP contribution in [-0.2, 0) is 4.79 Å². The van der Waals surface area contributed by atoms with Crippen molar-refractivity contribution in [1.29, 1.82) is 0 Å². The van der Waals surface area contributed by atoms with Crippen LogP contribution >= 0.6 is 15.9 Å². The van der Waals surface area contributed by atoms with Crippen molar-refractivity contribution in [3.8, 4) is 0 Å². The fourth-order valence-corrected chi connectivity index (χ4v) is 3.16. The minimum absolute atomic E-state index is 0.234. The third-order valence-corrected chi connectivity index (χ3v) is 4.23. The highest BCUT2D eigenvalue weighted by molar-refractivity contribution is 9.10. The average Bonchev–Trinajstić information content (AvgIpc) is 2.38. The van der Waals surface area contributed by atoms with Crippen LogP contribution in [0.5, 0.6) is 0 Å². The molecule has 104 valence electrons. The van der Waals surface area contributed by atoms with Gasteiger partial charge in [-0.25, -0.2) is 0 Å². The number of nitrogens with zero attached hydrogens (tertiary/aromatic N) is 1. The highest BCUT2D eigenvalue weighted by Crippen LogP contribution is 2.33. The van der Waals surface area contributed by atoms with E-state index in [1.165, 1.54) is 0 Å². The van der Waals surface area contributed by atoms with Crippen LogP contribution in [0.3, 0.4) is 0 Å². The number of aliphatic hydroxyl groups excluding tert-OH is 1. The number of anilines is 1. The Morgan fingerprint density at radius 1 is 1.53 bits per heavy atom. The van der Waals surface area contributed by atoms with Gasteiger partial charge in [0.05, 0.1) is 11.8 Å². The number of piperidine rings is 1. The van der Waals surface area contributed by atoms with E-state index in [4.69, 9.17) is 5.73 Å². The molecular weight excluding hydrogens is 308 g/mol. The molecule has 4 nitrogen and oxygen atoms in total. The predicted molar refractivity (Wildman–Crippen MR) is 79.0 cm³/mol. The summed E-state index contributed by atoms with van der Waals surface area (Å²) in [7, 11) is 0. The number of primary amides is 1. The Labute approximate surface area is 121 Å². The second-order valence-electron chi connectivity index (χ2n) is 4.99. The van der Waals surface area contributed by atoms with Gasteiger partial charge in [-0.05, 0) is 59.8 Å². The first-order valence-electron chi connectivity index (χ1n) is 6.54. The molecule has 1 heterocycles. The Morgan fingerprint density at radius 2 is 2.26 bits per heavy atom. The molecule has 2 atom stereocenters. The SMILES string of the molecule is C[C@@H](O)c1ccc(N2CCCCC2C(N)=O)c(Br)c1. The molecule has 1 amide bonds. The lowest BCUT2D eigenvalue weighted by Crippen LogP contribution is -2.48. The first-order valence-corrected chi connectivity index (χ1v) is 7.33. The summed E-state index contributed by atoms with van der Waals surface area (Å²) < 4.78 is 0.888. The molecule has 1 aromatic carbocycles. The van der Waals surface area contributed by atoms with Crippen LogP contribution in [0.1, 0.15) is 37.9 Å². The Balaban J connectivity index is 2.31. The zero-order valence-corrected chi connectivity index (χ0v) is 12.6. The van der Waals surface area contributed by atoms with Crippen molar-refractivity contribution in [2.75, 3.05) is 11.4 Å². The highest BCUT2D eigenvalue weighted by Gasteiger charge is 2.28. The smallest absolute Gasteiger partial charge is 0.240 e. The van der Waals surface area contributed by atoms with Gasteiger partial charge in [0.1, 0.15) is 6.04 Å². The van der Waals surface area contributed by atoms with Gasteiger partial charge in [0.2, 0.25) is 5.91 Å². The van der Waals surface area contributed by atoms with Gasteiger partial charge in [-0.1, -0.05) is 6.07 Å². The number of hydrogen-bond acceptors (Lipinski definition) is 3. The molecule has 2 rings (SSSR count). The van der Waals surface area contributed by atoms with E-state index in [2.05, 4.69) is 20.8 Å². The van der Waals surface area contributed by atoms with Crippen LogP contribution < -0.4 is 10.6 Å². The molecule has 1 saturated heterocycles. The monoisotopic (exact) mass is 326 g/mol. The van der Waals surface area contributed by atoms with Gasteiger partial charge in [0.15, 0.2) is 0 Å². The molecule has 0 radical (unpaired) electrons. The fourth-order valence-electron chi connectivity index (χ4n) is 2.53. The number of carbonyl (C=O) groups excluding carboxylic acids is 1. The Morgan fingerprint density at radius 3 is 2.84 bits per heavy atom. The van der Waals surface area contributed by atoms with Crippen molar-refractivity contribution in [2.45, 2.75) is 38.3 Å². The van der Waals surface area contributed by atoms with Crippen LogP contribution in [0.2, 0.25) is 0 Å². The lowest BCUT2D eigenvalue weighted by Gasteiger charge is -2.36. The second-order valence-corrected chi connectivity index (χ2v) is 5.85. The number of benzene rings is 1. The molecule has 1 aliphatic heterocycles. The summed E-state index contributed by atoms with van der Waals surface area (Å²) in [6.07, 6.45) is 2.40. The van der Waals surface area contributed by atoms with Gasteiger partial charge in [0.25, 0.3) is 0 Å². The van der Waals surface area contributed by atoms with E-state index in [0.29, 0.717) is 0 Å². The zero-order valence-electron chi connectivity index (χ0n) is 11.0. The summed E-state index contributed by atoms with van der Waals surface area (Å²) in [4.78, 5) is 13.6. The maximum Gasteiger partial charge on any atom is 0.240 e. The van der Waals surface area contributed by atoms with Crippen molar-refractivity contribution >= 4 is 27.5 Å². The third kappa shape index (κ3) is 3.09. The van der Waals surface area contributed by atoms with Crippen molar-refractivity contribution in [3.63, 3.8) is 0 Å². The third-order valence-electron chi connectivity index (χ3n) is 3.59. The number of aliphatic hydroxyl groups is 1. The number of amides is 1. The summed E-state index contributed by atoms with van der Waals surface area (Å²) >= 11 is 3.52. The van der Waals surface area contributed by atoms with Crippen molar-refractivity contribution in [2.24, 2.45) is 5.73 Å². The van der Waals surface area contributed by atoms with E-state index < -0.39 is 6.10 Å². The van der Waals surface area contributed by atoms with Crippen LogP contribution in [-0.4, -0.2) is 23.6 Å². The predicted octanol–water partition coefficient (Wildman–Crippen LogP) is 2.35. The summed E-state index contributed by atoms with van der Waals surface area (Å²) in [6.45, 7) is 2.56. The van der Waals surface area contributed by atoms with Crippen LogP contribution in [0, 0.1) is 0 Å². The van der Waals surface area contributed by atoms with Crippen LogP contribution in [0.15, 0.2) is 22.7 Å². The lowest BCUT2D eigenvalue weighted by atomic mass is 10.00. The second kappa shape index (κ2) is 5.92. The van der Waals surface area contributed by atoms with Crippen molar-refractivity contribution in [1.82, 2.24) is 0 Å². The van der Waals surface area contributed by atoms with Gasteiger partial charge >= 0.3 is 0 Å². The molecule has 0 saturated carbocycles. The molecule has 5 heteroatoms. The first kappa shape index (κ1) is 14.3. The van der Waals surface area contributed by atoms with Crippen LogP contribution in [0.4, 0.5) is 5.69 Å². The number of rotatable bonds is 3. The van der Waals surface area contributed by atoms with Crippen LogP contribution in [0.25, 0.3) is 0 Å². The number of halogens is 1. The Bertz CT molecular complexity index is 477. The molecule has 19 heavy (non-hydrogen) atoms. The minimum Gasteiger partial charge on any atom is -0.389 e. The van der Waals surface area contributed by atoms with E-state index in [9.17, 15) is 9.90 Å². The largest absolute Gasteiger partial charge is 0.389 e. The number of hydrogen-bond donors (Lipinski definition) is 2. The Hall–Kier alpha value is -1.07. The number of nitrogens with two attached hydrogens (primary N) is 1. The van der Waals surface area contributed by atoms with Crippen molar-refractivity contribution < 1.29 is 9.90 Å². The summed E-state index contributed by atoms with van der Waals surface area (Å²) in [6, 6.07) is 5.49. The lowest BCUT2D eigenvalue weighted by molar-refractivity contribution is -0.119. The molecule has 0 bridgehead atoms. The highest BCUT2D eigenvalue weighted by atomic mass is 79.9. The molecule has 1 fully saturated rings. The summed E-state index contributed by atoms with van der Waals surface area (Å²) in [5.41, 5.74) is 7.30. The normalized spacial score (nSPS) is 21.2. The van der Waals surface area contributed by atoms with E-state index in [1.54, 1.807) is 6.92 Å². The van der Waals surface area contributed by atoms with E-state index in [0.717, 1.165) is 41.5 Å². The molecule has 1 aliphatic rings. The van der Waals surface area contributed by atoms with Gasteiger partial charge < -0.3 is 15.7 Å². The first-order chi connectivity index (χ1) is 9.00. The molecular formula is C14H19BrN2O2.